The molecule has 272 valence electrons. The van der Waals surface area contributed by atoms with Crippen molar-refractivity contribution in [1.29, 1.82) is 0 Å². The highest BCUT2D eigenvalue weighted by Crippen LogP contribution is 2.34. The van der Waals surface area contributed by atoms with Crippen molar-refractivity contribution in [2.45, 2.75) is 45.7 Å². The van der Waals surface area contributed by atoms with E-state index in [0.29, 0.717) is 42.5 Å². The van der Waals surface area contributed by atoms with Crippen LogP contribution in [0.15, 0.2) is 72.8 Å². The molecule has 4 aromatic carbocycles. The van der Waals surface area contributed by atoms with Gasteiger partial charge in [0, 0.05) is 39.6 Å². The topological polar surface area (TPSA) is 107 Å². The molecule has 0 aliphatic carbocycles. The SMILES string of the molecule is COc1cc2c(cc1OC)CN(C(=O)Cc1ccc(OC(C)=O)cc1)CC2.COc1cc2c(cc1OC)CN(CCc1ccc(O)cc1)CC2.Cl. The van der Waals surface area contributed by atoms with Gasteiger partial charge in [-0.2, -0.15) is 0 Å². The molecule has 0 bridgehead atoms. The van der Waals surface area contributed by atoms with Crippen molar-refractivity contribution in [2.75, 3.05) is 48.1 Å². The first-order chi connectivity index (χ1) is 24.2. The van der Waals surface area contributed by atoms with Crippen LogP contribution in [0.5, 0.6) is 34.5 Å². The van der Waals surface area contributed by atoms with E-state index in [0.717, 1.165) is 61.5 Å². The standard InChI is InChI=1S/C21H23NO5.C19H23NO3.ClH/c1-14(23)27-18-6-4-15(5-7-18)10-21(24)22-9-8-16-11-19(25-2)20(26-3)12-17(16)13-22;1-22-18-11-15-8-10-20(13-16(15)12-19(18)23-2)9-7-14-3-5-17(21)6-4-14;/h4-7,11-12H,8-10,13H2,1-3H3;3-6,11-12,21H,7-10,13H2,1-2H3;1H. The van der Waals surface area contributed by atoms with Crippen LogP contribution in [0, 0.1) is 0 Å². The van der Waals surface area contributed by atoms with Gasteiger partial charge in [0.15, 0.2) is 23.0 Å². The second-order valence-corrected chi connectivity index (χ2v) is 12.4. The fraction of sp³-hybridized carbons (Fsp3) is 0.350. The summed E-state index contributed by atoms with van der Waals surface area (Å²) in [5.74, 6) is 3.49. The highest BCUT2D eigenvalue weighted by atomic mass is 35.5. The van der Waals surface area contributed by atoms with Crippen LogP contribution in [-0.4, -0.2) is 74.9 Å². The number of halogens is 1. The molecule has 0 atom stereocenters. The molecule has 51 heavy (non-hydrogen) atoms. The van der Waals surface area contributed by atoms with E-state index in [4.69, 9.17) is 23.7 Å². The molecule has 4 aromatic rings. The van der Waals surface area contributed by atoms with Gasteiger partial charge < -0.3 is 33.7 Å². The highest BCUT2D eigenvalue weighted by molar-refractivity contribution is 5.85. The molecule has 0 fully saturated rings. The summed E-state index contributed by atoms with van der Waals surface area (Å²) in [5.41, 5.74) is 7.07. The summed E-state index contributed by atoms with van der Waals surface area (Å²) in [7, 11) is 6.58. The molecular formula is C40H47ClN2O8. The van der Waals surface area contributed by atoms with Crippen LogP contribution in [-0.2, 0) is 48.4 Å². The molecule has 0 saturated carbocycles. The number of amides is 1. The Balaban J connectivity index is 0.000000227. The van der Waals surface area contributed by atoms with Gasteiger partial charge in [-0.25, -0.2) is 0 Å². The Morgan fingerprint density at radius 2 is 1.16 bits per heavy atom. The van der Waals surface area contributed by atoms with Crippen molar-refractivity contribution < 1.29 is 38.4 Å². The summed E-state index contributed by atoms with van der Waals surface area (Å²) in [4.78, 5) is 28.0. The molecule has 2 heterocycles. The van der Waals surface area contributed by atoms with Gasteiger partial charge in [-0.3, -0.25) is 14.5 Å². The molecule has 0 spiro atoms. The van der Waals surface area contributed by atoms with Gasteiger partial charge in [-0.1, -0.05) is 24.3 Å². The minimum atomic E-state index is -0.363. The summed E-state index contributed by atoms with van der Waals surface area (Å²) in [6, 6.07) is 22.6. The van der Waals surface area contributed by atoms with Crippen LogP contribution in [0.3, 0.4) is 0 Å². The van der Waals surface area contributed by atoms with Crippen molar-refractivity contribution >= 4 is 24.3 Å². The number of carbonyl (C=O) groups is 2. The Hall–Kier alpha value is -4.93. The lowest BCUT2D eigenvalue weighted by Gasteiger charge is -2.29. The van der Waals surface area contributed by atoms with Gasteiger partial charge in [0.2, 0.25) is 5.91 Å². The van der Waals surface area contributed by atoms with E-state index in [2.05, 4.69) is 17.0 Å². The van der Waals surface area contributed by atoms with E-state index >= 15 is 0 Å². The van der Waals surface area contributed by atoms with Crippen molar-refractivity contribution in [3.63, 3.8) is 0 Å². The molecular weight excluding hydrogens is 672 g/mol. The quantitative estimate of drug-likeness (QED) is 0.152. The number of phenolic OH excluding ortho intramolecular Hbond substituents is 1. The first-order valence-corrected chi connectivity index (χ1v) is 16.7. The van der Waals surface area contributed by atoms with Crippen LogP contribution in [0.1, 0.15) is 40.3 Å². The molecule has 0 radical (unpaired) electrons. The third-order valence-electron chi connectivity index (χ3n) is 9.06. The van der Waals surface area contributed by atoms with Crippen LogP contribution < -0.4 is 23.7 Å². The van der Waals surface area contributed by atoms with E-state index in [-0.39, 0.29) is 24.3 Å². The predicted octanol–water partition coefficient (Wildman–Crippen LogP) is 6.19. The van der Waals surface area contributed by atoms with E-state index in [1.165, 1.54) is 29.2 Å². The Kier molecular flexibility index (Phi) is 14.0. The van der Waals surface area contributed by atoms with Crippen molar-refractivity contribution in [1.82, 2.24) is 9.80 Å². The fourth-order valence-corrected chi connectivity index (χ4v) is 6.31. The van der Waals surface area contributed by atoms with Crippen LogP contribution in [0.25, 0.3) is 0 Å². The predicted molar refractivity (Wildman–Crippen MR) is 198 cm³/mol. The lowest BCUT2D eigenvalue weighted by molar-refractivity contribution is -0.132. The Morgan fingerprint density at radius 3 is 1.69 bits per heavy atom. The number of phenols is 1. The van der Waals surface area contributed by atoms with E-state index in [9.17, 15) is 14.7 Å². The number of ether oxygens (including phenoxy) is 5. The number of rotatable bonds is 10. The smallest absolute Gasteiger partial charge is 0.308 e. The largest absolute Gasteiger partial charge is 0.508 e. The number of benzene rings is 4. The van der Waals surface area contributed by atoms with E-state index in [1.807, 2.05) is 41.3 Å². The Bertz CT molecular complexity index is 1780. The molecule has 0 saturated heterocycles. The van der Waals surface area contributed by atoms with Crippen molar-refractivity contribution in [2.24, 2.45) is 0 Å². The summed E-state index contributed by atoms with van der Waals surface area (Å²) < 4.78 is 26.5. The lowest BCUT2D eigenvalue weighted by Crippen LogP contribution is -2.36. The fourth-order valence-electron chi connectivity index (χ4n) is 6.31. The second-order valence-electron chi connectivity index (χ2n) is 12.4. The number of esters is 1. The van der Waals surface area contributed by atoms with Gasteiger partial charge in [0.25, 0.3) is 0 Å². The van der Waals surface area contributed by atoms with Crippen LogP contribution in [0.4, 0.5) is 0 Å². The number of hydrogen-bond acceptors (Lipinski definition) is 9. The van der Waals surface area contributed by atoms with Crippen molar-refractivity contribution in [3.8, 4) is 34.5 Å². The molecule has 0 unspecified atom stereocenters. The van der Waals surface area contributed by atoms with Gasteiger partial charge in [0.1, 0.15) is 11.5 Å². The van der Waals surface area contributed by atoms with E-state index < -0.39 is 0 Å². The summed E-state index contributed by atoms with van der Waals surface area (Å²) >= 11 is 0. The number of nitrogens with zero attached hydrogens (tertiary/aromatic N) is 2. The third kappa shape index (κ3) is 10.3. The molecule has 1 N–H and O–H groups in total. The zero-order chi connectivity index (χ0) is 35.6. The number of fused-ring (bicyclic) bond motifs is 2. The molecule has 1 amide bonds. The van der Waals surface area contributed by atoms with E-state index in [1.54, 1.807) is 52.7 Å². The zero-order valence-electron chi connectivity index (χ0n) is 29.9. The maximum absolute atomic E-state index is 12.7. The third-order valence-corrected chi connectivity index (χ3v) is 9.06. The normalized spacial score (nSPS) is 13.3. The highest BCUT2D eigenvalue weighted by Gasteiger charge is 2.23. The minimum Gasteiger partial charge on any atom is -0.508 e. The Labute approximate surface area is 306 Å². The van der Waals surface area contributed by atoms with Crippen LogP contribution in [0.2, 0.25) is 0 Å². The monoisotopic (exact) mass is 718 g/mol. The Morgan fingerprint density at radius 1 is 0.667 bits per heavy atom. The average Bonchev–Trinajstić information content (AvgIpc) is 3.13. The summed E-state index contributed by atoms with van der Waals surface area (Å²) in [6.07, 6.45) is 3.12. The van der Waals surface area contributed by atoms with Gasteiger partial charge >= 0.3 is 5.97 Å². The second kappa shape index (κ2) is 18.3. The molecule has 11 heteroatoms. The summed E-state index contributed by atoms with van der Waals surface area (Å²) in [5, 5.41) is 9.34. The molecule has 6 rings (SSSR count). The average molecular weight is 719 g/mol. The van der Waals surface area contributed by atoms with Gasteiger partial charge in [-0.05, 0) is 101 Å². The minimum absolute atomic E-state index is 0. The number of hydrogen-bond donors (Lipinski definition) is 1. The number of aromatic hydroxyl groups is 1. The van der Waals surface area contributed by atoms with Gasteiger partial charge in [-0.15, -0.1) is 12.4 Å². The first-order valence-electron chi connectivity index (χ1n) is 16.7. The maximum atomic E-state index is 12.7. The summed E-state index contributed by atoms with van der Waals surface area (Å²) in [6.45, 7) is 5.59. The molecule has 0 aromatic heterocycles. The molecule has 2 aliphatic heterocycles. The lowest BCUT2D eigenvalue weighted by atomic mass is 9.98. The number of methoxy groups -OCH3 is 4. The number of carbonyl (C=O) groups excluding carboxylic acids is 2. The van der Waals surface area contributed by atoms with Crippen molar-refractivity contribution in [3.05, 3.63) is 106 Å². The van der Waals surface area contributed by atoms with Crippen LogP contribution >= 0.6 is 12.4 Å². The zero-order valence-corrected chi connectivity index (χ0v) is 30.7. The molecule has 2 aliphatic rings. The maximum Gasteiger partial charge on any atom is 0.308 e. The first kappa shape index (κ1) is 38.9. The molecule has 10 nitrogen and oxygen atoms in total. The van der Waals surface area contributed by atoms with Gasteiger partial charge in [0.05, 0.1) is 34.9 Å².